The number of nitrogens with one attached hydrogen (secondary N) is 1. The van der Waals surface area contributed by atoms with Gasteiger partial charge in [0, 0.05) is 13.1 Å². The Kier molecular flexibility index (Phi) is 4.09. The maximum atomic E-state index is 12.2. The highest BCUT2D eigenvalue weighted by Crippen LogP contribution is 2.35. The number of hydrogen-bond donors (Lipinski definition) is 2. The van der Waals surface area contributed by atoms with Gasteiger partial charge in [-0.3, -0.25) is 4.79 Å². The molecule has 5 heteroatoms. The van der Waals surface area contributed by atoms with Gasteiger partial charge in [0.1, 0.15) is 0 Å². The first kappa shape index (κ1) is 13.2. The second-order valence-electron chi connectivity index (χ2n) is 5.54. The summed E-state index contributed by atoms with van der Waals surface area (Å²) < 4.78 is 0. The number of hydrogen-bond acceptors (Lipinski definition) is 2. The van der Waals surface area contributed by atoms with Crippen LogP contribution in [-0.4, -0.2) is 40.6 Å². The highest BCUT2D eigenvalue weighted by Gasteiger charge is 2.41. The zero-order valence-electron chi connectivity index (χ0n) is 10.8. The zero-order valence-corrected chi connectivity index (χ0v) is 10.8. The van der Waals surface area contributed by atoms with Crippen molar-refractivity contribution in [1.29, 1.82) is 0 Å². The van der Waals surface area contributed by atoms with Gasteiger partial charge in [0.25, 0.3) is 0 Å². The van der Waals surface area contributed by atoms with Gasteiger partial charge in [-0.25, -0.2) is 4.79 Å². The van der Waals surface area contributed by atoms with E-state index in [1.807, 2.05) is 4.90 Å². The first-order chi connectivity index (χ1) is 8.61. The lowest BCUT2D eigenvalue weighted by atomic mass is 9.74. The minimum atomic E-state index is -0.828. The van der Waals surface area contributed by atoms with Crippen LogP contribution >= 0.6 is 0 Å². The van der Waals surface area contributed by atoms with Crippen LogP contribution < -0.4 is 5.32 Å². The molecule has 5 nitrogen and oxygen atoms in total. The normalized spacial score (nSPS) is 22.8. The summed E-state index contributed by atoms with van der Waals surface area (Å²) in [6.45, 7) is 1.60. The van der Waals surface area contributed by atoms with Crippen molar-refractivity contribution in [2.45, 2.75) is 56.9 Å². The Morgan fingerprint density at radius 1 is 1.06 bits per heavy atom. The molecule has 2 rings (SSSR count). The summed E-state index contributed by atoms with van der Waals surface area (Å²) >= 11 is 0. The van der Waals surface area contributed by atoms with Crippen LogP contribution in [-0.2, 0) is 4.79 Å². The number of carboxylic acid groups (broad SMARTS) is 1. The zero-order chi connectivity index (χ0) is 13.0. The Balaban J connectivity index is 1.90. The molecule has 0 bridgehead atoms. The molecule has 1 heterocycles. The number of aliphatic carboxylic acids is 1. The van der Waals surface area contributed by atoms with Crippen LogP contribution in [0.5, 0.6) is 0 Å². The van der Waals surface area contributed by atoms with Gasteiger partial charge in [0.15, 0.2) is 0 Å². The first-order valence-electron chi connectivity index (χ1n) is 6.90. The molecule has 18 heavy (non-hydrogen) atoms. The molecule has 0 aromatic rings. The van der Waals surface area contributed by atoms with Gasteiger partial charge in [-0.15, -0.1) is 0 Å². The smallest absolute Gasteiger partial charge is 0.317 e. The van der Waals surface area contributed by atoms with Crippen molar-refractivity contribution in [2.75, 3.05) is 13.1 Å². The van der Waals surface area contributed by atoms with Crippen LogP contribution in [0.25, 0.3) is 0 Å². The molecule has 0 unspecified atom stereocenters. The fourth-order valence-electron chi connectivity index (χ4n) is 2.82. The Morgan fingerprint density at radius 2 is 1.67 bits per heavy atom. The highest BCUT2D eigenvalue weighted by molar-refractivity contribution is 5.77. The summed E-state index contributed by atoms with van der Waals surface area (Å²) in [6.07, 6.45) is 7.12. The molecule has 2 fully saturated rings. The summed E-state index contributed by atoms with van der Waals surface area (Å²) in [7, 11) is 0. The Morgan fingerprint density at radius 3 is 2.11 bits per heavy atom. The minimum absolute atomic E-state index is 0.0482. The number of rotatable bonds is 3. The predicted molar refractivity (Wildman–Crippen MR) is 67.4 cm³/mol. The fraction of sp³-hybridized carbons (Fsp3) is 0.846. The number of carboxylic acids is 1. The molecule has 2 N–H and O–H groups in total. The lowest BCUT2D eigenvalue weighted by molar-refractivity contribution is -0.139. The molecule has 2 aliphatic rings. The van der Waals surface area contributed by atoms with E-state index in [2.05, 4.69) is 5.32 Å². The molecular weight excluding hydrogens is 232 g/mol. The minimum Gasteiger partial charge on any atom is -0.481 e. The average molecular weight is 254 g/mol. The molecule has 1 saturated carbocycles. The van der Waals surface area contributed by atoms with E-state index in [4.69, 9.17) is 5.11 Å². The molecule has 2 amide bonds. The second-order valence-corrected chi connectivity index (χ2v) is 5.54. The van der Waals surface area contributed by atoms with Crippen molar-refractivity contribution in [2.24, 2.45) is 0 Å². The van der Waals surface area contributed by atoms with E-state index in [1.54, 1.807) is 0 Å². The van der Waals surface area contributed by atoms with Gasteiger partial charge in [0.05, 0.1) is 12.0 Å². The standard InChI is InChI=1S/C13H22N2O3/c16-11(17)10-13(6-5-7-13)14-12(18)15-8-3-1-2-4-9-15/h1-10H2,(H,14,18)(H,16,17). The van der Waals surface area contributed by atoms with Crippen LogP contribution in [0.2, 0.25) is 0 Å². The molecule has 0 aromatic carbocycles. The summed E-state index contributed by atoms with van der Waals surface area (Å²) in [4.78, 5) is 24.9. The molecule has 1 aliphatic carbocycles. The van der Waals surface area contributed by atoms with Crippen molar-refractivity contribution < 1.29 is 14.7 Å². The third-order valence-electron chi connectivity index (χ3n) is 4.07. The summed E-state index contributed by atoms with van der Waals surface area (Å²) in [6, 6.07) is -0.0714. The Labute approximate surface area is 108 Å². The number of likely N-dealkylation sites (tertiary alicyclic amines) is 1. The van der Waals surface area contributed by atoms with E-state index in [-0.39, 0.29) is 12.5 Å². The maximum absolute atomic E-state index is 12.2. The molecule has 0 spiro atoms. The molecule has 0 aromatic heterocycles. The van der Waals surface area contributed by atoms with Crippen molar-refractivity contribution in [3.05, 3.63) is 0 Å². The SMILES string of the molecule is O=C(O)CC1(NC(=O)N2CCCCCC2)CCC1. The lowest BCUT2D eigenvalue weighted by Gasteiger charge is -2.42. The van der Waals surface area contributed by atoms with Crippen molar-refractivity contribution in [1.82, 2.24) is 10.2 Å². The summed E-state index contributed by atoms with van der Waals surface area (Å²) in [5, 5.41) is 11.9. The number of carbonyl (C=O) groups is 2. The lowest BCUT2D eigenvalue weighted by Crippen LogP contribution is -2.58. The van der Waals surface area contributed by atoms with Gasteiger partial charge in [-0.2, -0.15) is 0 Å². The average Bonchev–Trinajstić information content (AvgIpc) is 2.53. The quantitative estimate of drug-likeness (QED) is 0.809. The molecule has 1 saturated heterocycles. The Hall–Kier alpha value is -1.26. The number of urea groups is 1. The predicted octanol–water partition coefficient (Wildman–Crippen LogP) is 1.97. The van der Waals surface area contributed by atoms with Crippen molar-refractivity contribution >= 4 is 12.0 Å². The van der Waals surface area contributed by atoms with Crippen LogP contribution in [0, 0.1) is 0 Å². The van der Waals surface area contributed by atoms with Crippen molar-refractivity contribution in [3.63, 3.8) is 0 Å². The van der Waals surface area contributed by atoms with E-state index < -0.39 is 11.5 Å². The number of nitrogens with zero attached hydrogens (tertiary/aromatic N) is 1. The van der Waals surface area contributed by atoms with E-state index in [0.29, 0.717) is 0 Å². The van der Waals surface area contributed by atoms with Crippen LogP contribution in [0.3, 0.4) is 0 Å². The summed E-state index contributed by atoms with van der Waals surface area (Å²) in [5.74, 6) is -0.828. The highest BCUT2D eigenvalue weighted by atomic mass is 16.4. The molecule has 1 aliphatic heterocycles. The number of carbonyl (C=O) groups excluding carboxylic acids is 1. The molecule has 0 radical (unpaired) electrons. The van der Waals surface area contributed by atoms with Crippen LogP contribution in [0.15, 0.2) is 0 Å². The third-order valence-corrected chi connectivity index (χ3v) is 4.07. The monoisotopic (exact) mass is 254 g/mol. The third kappa shape index (κ3) is 3.15. The van der Waals surface area contributed by atoms with E-state index in [0.717, 1.165) is 45.2 Å². The summed E-state index contributed by atoms with van der Waals surface area (Å²) in [5.41, 5.74) is -0.477. The van der Waals surface area contributed by atoms with Gasteiger partial charge < -0.3 is 15.3 Å². The van der Waals surface area contributed by atoms with E-state index in [1.165, 1.54) is 12.8 Å². The van der Waals surface area contributed by atoms with Gasteiger partial charge in [0.2, 0.25) is 0 Å². The molecular formula is C13H22N2O3. The van der Waals surface area contributed by atoms with Crippen LogP contribution in [0.4, 0.5) is 4.79 Å². The largest absolute Gasteiger partial charge is 0.481 e. The van der Waals surface area contributed by atoms with E-state index in [9.17, 15) is 9.59 Å². The fourth-order valence-corrected chi connectivity index (χ4v) is 2.82. The maximum Gasteiger partial charge on any atom is 0.317 e. The number of amides is 2. The molecule has 0 atom stereocenters. The first-order valence-corrected chi connectivity index (χ1v) is 6.90. The van der Waals surface area contributed by atoms with Crippen LogP contribution in [0.1, 0.15) is 51.4 Å². The Bertz CT molecular complexity index is 318. The molecule has 102 valence electrons. The topological polar surface area (TPSA) is 69.6 Å². The van der Waals surface area contributed by atoms with Gasteiger partial charge in [-0.05, 0) is 32.1 Å². The van der Waals surface area contributed by atoms with Gasteiger partial charge in [-0.1, -0.05) is 12.8 Å². The van der Waals surface area contributed by atoms with Gasteiger partial charge >= 0.3 is 12.0 Å². The van der Waals surface area contributed by atoms with E-state index >= 15 is 0 Å². The van der Waals surface area contributed by atoms with Crippen molar-refractivity contribution in [3.8, 4) is 0 Å². The second kappa shape index (κ2) is 5.59.